The fourth-order valence-corrected chi connectivity index (χ4v) is 3.44. The molecule has 1 aromatic rings. The summed E-state index contributed by atoms with van der Waals surface area (Å²) >= 11 is 0. The van der Waals surface area contributed by atoms with Crippen LogP contribution in [0.3, 0.4) is 0 Å². The number of ether oxygens (including phenoxy) is 1. The highest BCUT2D eigenvalue weighted by atomic mass is 32.2. The molecule has 0 bridgehead atoms. The minimum Gasteiger partial charge on any atom is -0.491 e. The molecule has 0 amide bonds. The van der Waals surface area contributed by atoms with Gasteiger partial charge in [0.25, 0.3) is 0 Å². The molecule has 1 aromatic carbocycles. The first-order valence-electron chi connectivity index (χ1n) is 7.91. The Balaban J connectivity index is 2.74. The van der Waals surface area contributed by atoms with E-state index in [1.165, 1.54) is 5.56 Å². The summed E-state index contributed by atoms with van der Waals surface area (Å²) in [5.41, 5.74) is 1.18. The highest BCUT2D eigenvalue weighted by Gasteiger charge is 2.14. The van der Waals surface area contributed by atoms with Gasteiger partial charge in [-0.25, -0.2) is 0 Å². The molecule has 0 aromatic heterocycles. The van der Waals surface area contributed by atoms with Crippen LogP contribution in [0.25, 0.3) is 0 Å². The zero-order valence-electron chi connectivity index (χ0n) is 13.7. The molecule has 0 saturated carbocycles. The predicted molar refractivity (Wildman–Crippen MR) is 91.4 cm³/mol. The molecule has 120 valence electrons. The van der Waals surface area contributed by atoms with Gasteiger partial charge in [0.05, 0.1) is 6.10 Å². The molecule has 21 heavy (non-hydrogen) atoms. The third-order valence-corrected chi connectivity index (χ3v) is 4.65. The third-order valence-electron chi connectivity index (χ3n) is 3.08. The summed E-state index contributed by atoms with van der Waals surface area (Å²) in [5.74, 6) is 2.34. The van der Waals surface area contributed by atoms with Gasteiger partial charge in [0.15, 0.2) is 0 Å². The first-order chi connectivity index (χ1) is 10.1. The van der Waals surface area contributed by atoms with Crippen LogP contribution in [0.1, 0.15) is 52.1 Å². The standard InChI is InChI=1S/C17H29NO2S/c1-5-11-18-17(13-21(19)12-6-2)15-7-9-16(10-8-15)20-14(3)4/h7-10,14,17-18H,5-6,11-13H2,1-4H3. The van der Waals surface area contributed by atoms with Gasteiger partial charge in [-0.1, -0.05) is 26.0 Å². The van der Waals surface area contributed by atoms with Crippen molar-refractivity contribution in [3.8, 4) is 5.75 Å². The lowest BCUT2D eigenvalue weighted by atomic mass is 10.1. The number of rotatable bonds is 10. The summed E-state index contributed by atoms with van der Waals surface area (Å²) in [5, 5.41) is 3.50. The van der Waals surface area contributed by atoms with E-state index in [2.05, 4.69) is 31.3 Å². The van der Waals surface area contributed by atoms with Gasteiger partial charge in [-0.3, -0.25) is 4.21 Å². The van der Waals surface area contributed by atoms with Gasteiger partial charge in [-0.05, 0) is 50.9 Å². The summed E-state index contributed by atoms with van der Waals surface area (Å²) in [6.45, 7) is 9.20. The molecule has 2 atom stereocenters. The zero-order valence-corrected chi connectivity index (χ0v) is 14.5. The van der Waals surface area contributed by atoms with E-state index in [1.54, 1.807) is 0 Å². The number of benzene rings is 1. The Morgan fingerprint density at radius 3 is 2.33 bits per heavy atom. The van der Waals surface area contributed by atoms with Crippen molar-refractivity contribution in [3.63, 3.8) is 0 Å². The number of nitrogens with one attached hydrogen (secondary N) is 1. The van der Waals surface area contributed by atoms with Gasteiger partial charge in [-0.15, -0.1) is 0 Å². The summed E-state index contributed by atoms with van der Waals surface area (Å²) < 4.78 is 17.7. The van der Waals surface area contributed by atoms with Gasteiger partial charge in [0, 0.05) is 28.3 Å². The van der Waals surface area contributed by atoms with E-state index in [0.29, 0.717) is 5.75 Å². The Labute approximate surface area is 131 Å². The second kappa shape index (κ2) is 9.96. The normalized spacial score (nSPS) is 14.1. The van der Waals surface area contributed by atoms with E-state index < -0.39 is 10.8 Å². The van der Waals surface area contributed by atoms with Crippen molar-refractivity contribution >= 4 is 10.8 Å². The molecule has 0 aliphatic heterocycles. The summed E-state index contributed by atoms with van der Waals surface area (Å²) in [6.07, 6.45) is 2.22. The van der Waals surface area contributed by atoms with E-state index in [0.717, 1.165) is 30.9 Å². The molecular weight excluding hydrogens is 282 g/mol. The van der Waals surface area contributed by atoms with E-state index >= 15 is 0 Å². The monoisotopic (exact) mass is 311 g/mol. The van der Waals surface area contributed by atoms with Crippen molar-refractivity contribution in [2.45, 2.75) is 52.7 Å². The number of hydrogen-bond acceptors (Lipinski definition) is 3. The summed E-state index contributed by atoms with van der Waals surface area (Å²) in [6, 6.07) is 8.31. The van der Waals surface area contributed by atoms with Gasteiger partial charge >= 0.3 is 0 Å². The molecule has 0 saturated heterocycles. The van der Waals surface area contributed by atoms with Crippen molar-refractivity contribution < 1.29 is 8.95 Å². The largest absolute Gasteiger partial charge is 0.491 e. The molecule has 0 spiro atoms. The summed E-state index contributed by atoms with van der Waals surface area (Å²) in [7, 11) is -0.762. The lowest BCUT2D eigenvalue weighted by Gasteiger charge is -2.19. The first-order valence-corrected chi connectivity index (χ1v) is 9.40. The van der Waals surface area contributed by atoms with Crippen LogP contribution in [0, 0.1) is 0 Å². The molecule has 0 radical (unpaired) electrons. The van der Waals surface area contributed by atoms with Crippen molar-refractivity contribution in [1.82, 2.24) is 5.32 Å². The molecule has 1 N–H and O–H groups in total. The minimum atomic E-state index is -0.762. The van der Waals surface area contributed by atoms with Gasteiger partial charge in [0.1, 0.15) is 5.75 Å². The minimum absolute atomic E-state index is 0.158. The number of hydrogen-bond donors (Lipinski definition) is 1. The Morgan fingerprint density at radius 2 is 1.81 bits per heavy atom. The third kappa shape index (κ3) is 7.09. The lowest BCUT2D eigenvalue weighted by Crippen LogP contribution is -2.27. The molecule has 0 aliphatic rings. The van der Waals surface area contributed by atoms with Crippen LogP contribution >= 0.6 is 0 Å². The second-order valence-electron chi connectivity index (χ2n) is 5.55. The van der Waals surface area contributed by atoms with Gasteiger partial charge in [-0.2, -0.15) is 0 Å². The maximum absolute atomic E-state index is 12.0. The van der Waals surface area contributed by atoms with E-state index in [-0.39, 0.29) is 12.1 Å². The molecule has 0 aliphatic carbocycles. The average Bonchev–Trinajstić information content (AvgIpc) is 2.44. The maximum atomic E-state index is 12.0. The average molecular weight is 311 g/mol. The quantitative estimate of drug-likeness (QED) is 0.716. The van der Waals surface area contributed by atoms with Gasteiger partial charge < -0.3 is 10.1 Å². The van der Waals surface area contributed by atoms with E-state index in [9.17, 15) is 4.21 Å². The van der Waals surface area contributed by atoms with Crippen LogP contribution in [0.15, 0.2) is 24.3 Å². The molecule has 0 heterocycles. The van der Waals surface area contributed by atoms with Crippen LogP contribution in [-0.2, 0) is 10.8 Å². The summed E-state index contributed by atoms with van der Waals surface area (Å²) in [4.78, 5) is 0. The van der Waals surface area contributed by atoms with Crippen LogP contribution in [-0.4, -0.2) is 28.4 Å². The highest BCUT2D eigenvalue weighted by Crippen LogP contribution is 2.20. The first kappa shape index (κ1) is 18.2. The Bertz CT molecular complexity index is 417. The Kier molecular flexibility index (Phi) is 8.62. The zero-order chi connectivity index (χ0) is 15.7. The molecule has 1 rings (SSSR count). The van der Waals surface area contributed by atoms with Crippen molar-refractivity contribution in [3.05, 3.63) is 29.8 Å². The smallest absolute Gasteiger partial charge is 0.119 e. The van der Waals surface area contributed by atoms with Crippen LogP contribution < -0.4 is 10.1 Å². The van der Waals surface area contributed by atoms with Crippen molar-refractivity contribution in [1.29, 1.82) is 0 Å². The fourth-order valence-electron chi connectivity index (χ4n) is 2.14. The SMILES string of the molecule is CCCNC(CS(=O)CCC)c1ccc(OC(C)C)cc1. The molecule has 3 nitrogen and oxygen atoms in total. The Morgan fingerprint density at radius 1 is 1.14 bits per heavy atom. The molecule has 4 heteroatoms. The van der Waals surface area contributed by atoms with Crippen LogP contribution in [0.4, 0.5) is 0 Å². The highest BCUT2D eigenvalue weighted by molar-refractivity contribution is 7.85. The molecule has 0 fully saturated rings. The fraction of sp³-hybridized carbons (Fsp3) is 0.647. The van der Waals surface area contributed by atoms with E-state index in [1.807, 2.05) is 26.0 Å². The molecule has 2 unspecified atom stereocenters. The van der Waals surface area contributed by atoms with Crippen molar-refractivity contribution in [2.75, 3.05) is 18.1 Å². The predicted octanol–water partition coefficient (Wildman–Crippen LogP) is 3.67. The lowest BCUT2D eigenvalue weighted by molar-refractivity contribution is 0.242. The van der Waals surface area contributed by atoms with E-state index in [4.69, 9.17) is 4.74 Å². The van der Waals surface area contributed by atoms with Crippen LogP contribution in [0.2, 0.25) is 0 Å². The van der Waals surface area contributed by atoms with Gasteiger partial charge in [0.2, 0.25) is 0 Å². The Hall–Kier alpha value is -0.870. The maximum Gasteiger partial charge on any atom is 0.119 e. The van der Waals surface area contributed by atoms with Crippen LogP contribution in [0.5, 0.6) is 5.75 Å². The van der Waals surface area contributed by atoms with Crippen molar-refractivity contribution in [2.24, 2.45) is 0 Å². The topological polar surface area (TPSA) is 38.3 Å². The second-order valence-corrected chi connectivity index (χ2v) is 7.17. The molecular formula is C17H29NO2S.